The summed E-state index contributed by atoms with van der Waals surface area (Å²) in [7, 11) is 1.83. The molecule has 1 aromatic heterocycles. The molecule has 2 aromatic rings. The number of aromatic nitrogens is 2. The molecule has 5 heteroatoms. The molecule has 0 spiro atoms. The van der Waals surface area contributed by atoms with Gasteiger partial charge in [-0.15, -0.1) is 0 Å². The summed E-state index contributed by atoms with van der Waals surface area (Å²) in [6.07, 6.45) is 0. The molecule has 0 atom stereocenters. The quantitative estimate of drug-likeness (QED) is 0.871. The molecule has 0 bridgehead atoms. The monoisotopic (exact) mass is 255 g/mol. The van der Waals surface area contributed by atoms with Crippen molar-refractivity contribution in [1.82, 2.24) is 9.78 Å². The number of rotatable bonds is 4. The van der Waals surface area contributed by atoms with Crippen LogP contribution in [0.5, 0.6) is 0 Å². The molecule has 2 rings (SSSR count). The third-order valence-electron chi connectivity index (χ3n) is 3.05. The topological polar surface area (TPSA) is 79.7 Å². The summed E-state index contributed by atoms with van der Waals surface area (Å²) in [6.45, 7) is 3.03. The van der Waals surface area contributed by atoms with Crippen molar-refractivity contribution in [2.45, 2.75) is 20.0 Å². The average Bonchev–Trinajstić information content (AvgIpc) is 2.70. The molecule has 0 aliphatic carbocycles. The second-order valence-electron chi connectivity index (χ2n) is 4.42. The molecule has 0 fully saturated rings. The second-order valence-corrected chi connectivity index (χ2v) is 4.42. The van der Waals surface area contributed by atoms with Crippen LogP contribution in [0.4, 0.5) is 5.82 Å². The fourth-order valence-electron chi connectivity index (χ4n) is 1.97. The van der Waals surface area contributed by atoms with Crippen molar-refractivity contribution < 1.29 is 0 Å². The number of benzene rings is 1. The molecule has 98 valence electrons. The van der Waals surface area contributed by atoms with Gasteiger partial charge in [0.05, 0.1) is 5.69 Å². The molecule has 1 heterocycles. The van der Waals surface area contributed by atoms with Gasteiger partial charge in [0.15, 0.2) is 0 Å². The maximum Gasteiger partial charge on any atom is 0.142 e. The van der Waals surface area contributed by atoms with Gasteiger partial charge in [-0.05, 0) is 18.1 Å². The zero-order valence-electron chi connectivity index (χ0n) is 11.1. The van der Waals surface area contributed by atoms with Gasteiger partial charge in [0.1, 0.15) is 17.5 Å². The normalized spacial score (nSPS) is 10.2. The molecule has 3 N–H and O–H groups in total. The van der Waals surface area contributed by atoms with E-state index in [1.807, 2.05) is 38.2 Å². The summed E-state index contributed by atoms with van der Waals surface area (Å²) in [5.41, 5.74) is 9.15. The summed E-state index contributed by atoms with van der Waals surface area (Å²) in [4.78, 5) is 0. The summed E-state index contributed by atoms with van der Waals surface area (Å²) in [5, 5.41) is 16.6. The molecule has 0 radical (unpaired) electrons. The molecule has 0 unspecified atom stereocenters. The lowest BCUT2D eigenvalue weighted by Gasteiger charge is -2.07. The van der Waals surface area contributed by atoms with Crippen LogP contribution in [0.1, 0.15) is 22.4 Å². The zero-order valence-corrected chi connectivity index (χ0v) is 11.1. The van der Waals surface area contributed by atoms with Crippen molar-refractivity contribution in [3.8, 4) is 6.07 Å². The van der Waals surface area contributed by atoms with E-state index in [2.05, 4.69) is 16.5 Å². The van der Waals surface area contributed by atoms with Crippen LogP contribution in [0.3, 0.4) is 0 Å². The van der Waals surface area contributed by atoms with Crippen LogP contribution in [0.2, 0.25) is 0 Å². The number of hydrogen-bond donors (Lipinski definition) is 2. The van der Waals surface area contributed by atoms with Crippen LogP contribution < -0.4 is 11.1 Å². The van der Waals surface area contributed by atoms with Crippen LogP contribution in [0.15, 0.2) is 24.3 Å². The van der Waals surface area contributed by atoms with E-state index in [0.29, 0.717) is 18.7 Å². The van der Waals surface area contributed by atoms with Crippen LogP contribution in [0, 0.1) is 18.3 Å². The molecule has 0 aliphatic rings. The summed E-state index contributed by atoms with van der Waals surface area (Å²) >= 11 is 0. The van der Waals surface area contributed by atoms with E-state index in [9.17, 15) is 0 Å². The highest BCUT2D eigenvalue weighted by Gasteiger charge is 2.11. The Labute approximate surface area is 112 Å². The lowest BCUT2D eigenvalue weighted by molar-refractivity contribution is 0.758. The lowest BCUT2D eigenvalue weighted by atomic mass is 10.1. The van der Waals surface area contributed by atoms with Gasteiger partial charge < -0.3 is 11.1 Å². The predicted molar refractivity (Wildman–Crippen MR) is 74.3 cm³/mol. The highest BCUT2D eigenvalue weighted by molar-refractivity contribution is 5.55. The Morgan fingerprint density at radius 1 is 1.32 bits per heavy atom. The number of nitriles is 1. The SMILES string of the molecule is Cc1nn(C)c(NCc2ccc(CN)cc2)c1C#N. The van der Waals surface area contributed by atoms with Crippen LogP contribution in [-0.4, -0.2) is 9.78 Å². The van der Waals surface area contributed by atoms with Gasteiger partial charge in [-0.2, -0.15) is 10.4 Å². The first-order chi connectivity index (χ1) is 9.15. The van der Waals surface area contributed by atoms with Gasteiger partial charge >= 0.3 is 0 Å². The Balaban J connectivity index is 2.12. The van der Waals surface area contributed by atoms with Gasteiger partial charge in [0, 0.05) is 20.1 Å². The van der Waals surface area contributed by atoms with Crippen molar-refractivity contribution in [2.75, 3.05) is 5.32 Å². The van der Waals surface area contributed by atoms with Gasteiger partial charge in [-0.25, -0.2) is 0 Å². The minimum Gasteiger partial charge on any atom is -0.365 e. The first-order valence-corrected chi connectivity index (χ1v) is 6.11. The Hall–Kier alpha value is -2.32. The van der Waals surface area contributed by atoms with E-state index in [1.54, 1.807) is 4.68 Å². The fourth-order valence-corrected chi connectivity index (χ4v) is 1.97. The van der Waals surface area contributed by atoms with E-state index < -0.39 is 0 Å². The Kier molecular flexibility index (Phi) is 3.83. The molecule has 19 heavy (non-hydrogen) atoms. The minimum absolute atomic E-state index is 0.549. The lowest BCUT2D eigenvalue weighted by Crippen LogP contribution is -2.06. The molecule has 0 saturated carbocycles. The number of anilines is 1. The van der Waals surface area contributed by atoms with E-state index in [4.69, 9.17) is 11.0 Å². The first-order valence-electron chi connectivity index (χ1n) is 6.11. The van der Waals surface area contributed by atoms with Crippen molar-refractivity contribution in [3.05, 3.63) is 46.6 Å². The molecule has 0 amide bonds. The van der Waals surface area contributed by atoms with Crippen molar-refractivity contribution >= 4 is 5.82 Å². The van der Waals surface area contributed by atoms with Crippen molar-refractivity contribution in [1.29, 1.82) is 5.26 Å². The maximum atomic E-state index is 9.12. The van der Waals surface area contributed by atoms with E-state index in [-0.39, 0.29) is 0 Å². The number of aryl methyl sites for hydroxylation is 2. The number of hydrogen-bond acceptors (Lipinski definition) is 4. The Morgan fingerprint density at radius 3 is 2.53 bits per heavy atom. The molecular formula is C14H17N5. The highest BCUT2D eigenvalue weighted by Crippen LogP contribution is 2.18. The minimum atomic E-state index is 0.549. The predicted octanol–water partition coefficient (Wildman–Crippen LogP) is 1.67. The summed E-state index contributed by atoms with van der Waals surface area (Å²) in [6, 6.07) is 10.3. The van der Waals surface area contributed by atoms with Gasteiger partial charge in [-0.1, -0.05) is 24.3 Å². The largest absolute Gasteiger partial charge is 0.365 e. The van der Waals surface area contributed by atoms with Gasteiger partial charge in [-0.3, -0.25) is 4.68 Å². The Bertz CT molecular complexity index is 604. The second kappa shape index (κ2) is 5.55. The first kappa shape index (κ1) is 13.1. The molecular weight excluding hydrogens is 238 g/mol. The highest BCUT2D eigenvalue weighted by atomic mass is 15.3. The molecule has 5 nitrogen and oxygen atoms in total. The summed E-state index contributed by atoms with van der Waals surface area (Å²) in [5.74, 6) is 0.753. The third-order valence-corrected chi connectivity index (χ3v) is 3.05. The zero-order chi connectivity index (χ0) is 13.8. The maximum absolute atomic E-state index is 9.12. The standard InChI is InChI=1S/C14H17N5/c1-10-13(8-16)14(19(2)18-10)17-9-12-5-3-11(7-15)4-6-12/h3-6,17H,7,9,15H2,1-2H3. The molecule has 0 saturated heterocycles. The third kappa shape index (κ3) is 2.75. The van der Waals surface area contributed by atoms with E-state index in [1.165, 1.54) is 0 Å². The number of nitrogens with zero attached hydrogens (tertiary/aromatic N) is 3. The summed E-state index contributed by atoms with van der Waals surface area (Å²) < 4.78 is 1.70. The fraction of sp³-hybridized carbons (Fsp3) is 0.286. The van der Waals surface area contributed by atoms with Crippen LogP contribution in [-0.2, 0) is 20.1 Å². The average molecular weight is 255 g/mol. The molecule has 0 aliphatic heterocycles. The van der Waals surface area contributed by atoms with Crippen LogP contribution >= 0.6 is 0 Å². The Morgan fingerprint density at radius 2 is 1.95 bits per heavy atom. The number of nitrogens with one attached hydrogen (secondary N) is 1. The van der Waals surface area contributed by atoms with Gasteiger partial charge in [0.25, 0.3) is 0 Å². The van der Waals surface area contributed by atoms with E-state index in [0.717, 1.165) is 22.6 Å². The smallest absolute Gasteiger partial charge is 0.142 e. The van der Waals surface area contributed by atoms with Crippen LogP contribution in [0.25, 0.3) is 0 Å². The van der Waals surface area contributed by atoms with Gasteiger partial charge in [0.2, 0.25) is 0 Å². The number of nitrogens with two attached hydrogens (primary N) is 1. The van der Waals surface area contributed by atoms with E-state index >= 15 is 0 Å². The van der Waals surface area contributed by atoms with Crippen molar-refractivity contribution in [3.63, 3.8) is 0 Å². The molecule has 1 aromatic carbocycles. The van der Waals surface area contributed by atoms with Crippen molar-refractivity contribution in [2.24, 2.45) is 12.8 Å².